The molecule has 0 amide bonds. The number of ether oxygens (including phenoxy) is 1. The zero-order valence-electron chi connectivity index (χ0n) is 20.8. The topological polar surface area (TPSA) is 104 Å². The zero-order valence-corrected chi connectivity index (χ0v) is 21.6. The molecule has 4 aliphatic rings. The third-order valence-electron chi connectivity index (χ3n) is 10.9. The molecule has 4 aliphatic carbocycles. The van der Waals surface area contributed by atoms with Gasteiger partial charge in [0.05, 0.1) is 24.6 Å². The van der Waals surface area contributed by atoms with Gasteiger partial charge in [-0.2, -0.15) is 8.42 Å². The fraction of sp³-hybridized carbons (Fsp3) is 1.00. The molecule has 0 aliphatic heterocycles. The number of rotatable bonds is 8. The Balaban J connectivity index is 1.39. The molecule has 6 nitrogen and oxygen atoms in total. The molecule has 4 saturated carbocycles. The van der Waals surface area contributed by atoms with Crippen molar-refractivity contribution in [3.05, 3.63) is 0 Å². The van der Waals surface area contributed by atoms with Crippen LogP contribution in [-0.4, -0.2) is 54.4 Å². The molecule has 10 atom stereocenters. The summed E-state index contributed by atoms with van der Waals surface area (Å²) >= 11 is 0. The average Bonchev–Trinajstić information content (AvgIpc) is 3.10. The maximum atomic E-state index is 11.4. The summed E-state index contributed by atoms with van der Waals surface area (Å²) in [5.74, 6) is 2.31. The van der Waals surface area contributed by atoms with Gasteiger partial charge in [0.15, 0.2) is 0 Å². The molecule has 33 heavy (non-hydrogen) atoms. The van der Waals surface area contributed by atoms with E-state index in [1.54, 1.807) is 0 Å². The minimum atomic E-state index is -3.96. The Morgan fingerprint density at radius 3 is 2.36 bits per heavy atom. The van der Waals surface area contributed by atoms with E-state index in [4.69, 9.17) is 9.29 Å². The van der Waals surface area contributed by atoms with Gasteiger partial charge in [0.1, 0.15) is 0 Å². The molecule has 0 aromatic carbocycles. The summed E-state index contributed by atoms with van der Waals surface area (Å²) in [6.45, 7) is 7.77. The van der Waals surface area contributed by atoms with Gasteiger partial charge in [-0.25, -0.2) is 0 Å². The van der Waals surface area contributed by atoms with E-state index < -0.39 is 22.3 Å². The van der Waals surface area contributed by atoms with Gasteiger partial charge in [0.25, 0.3) is 10.1 Å². The van der Waals surface area contributed by atoms with Gasteiger partial charge < -0.3 is 14.9 Å². The number of aliphatic hydroxyl groups is 2. The molecule has 9 unspecified atom stereocenters. The normalized spacial score (nSPS) is 46.3. The van der Waals surface area contributed by atoms with Crippen LogP contribution in [0.1, 0.15) is 85.0 Å². The van der Waals surface area contributed by atoms with Crippen molar-refractivity contribution in [1.82, 2.24) is 0 Å². The van der Waals surface area contributed by atoms with Gasteiger partial charge in [0.2, 0.25) is 0 Å². The van der Waals surface area contributed by atoms with E-state index >= 15 is 0 Å². The highest BCUT2D eigenvalue weighted by Gasteiger charge is 2.64. The number of fused-ring (bicyclic) bond motifs is 5. The molecule has 0 aromatic rings. The Morgan fingerprint density at radius 1 is 0.909 bits per heavy atom. The molecule has 0 spiro atoms. The Bertz CT molecular complexity index is 786. The molecular weight excluding hydrogens is 440 g/mol. The minimum absolute atomic E-state index is 0.0411. The van der Waals surface area contributed by atoms with Gasteiger partial charge in [-0.1, -0.05) is 33.6 Å². The van der Waals surface area contributed by atoms with Crippen LogP contribution in [0.2, 0.25) is 0 Å². The summed E-state index contributed by atoms with van der Waals surface area (Å²) in [6, 6.07) is 0. The molecule has 192 valence electrons. The van der Waals surface area contributed by atoms with Gasteiger partial charge in [-0.05, 0) is 97.7 Å². The van der Waals surface area contributed by atoms with Crippen molar-refractivity contribution in [2.24, 2.45) is 46.3 Å². The number of aliphatic hydroxyl groups excluding tert-OH is 2. The summed E-state index contributed by atoms with van der Waals surface area (Å²) in [4.78, 5) is 0. The van der Waals surface area contributed by atoms with E-state index in [-0.39, 0.29) is 35.0 Å². The van der Waals surface area contributed by atoms with Crippen LogP contribution in [0.15, 0.2) is 0 Å². The van der Waals surface area contributed by atoms with Crippen molar-refractivity contribution in [3.8, 4) is 0 Å². The first-order chi connectivity index (χ1) is 15.5. The van der Waals surface area contributed by atoms with Crippen LogP contribution in [0.25, 0.3) is 0 Å². The molecular formula is C26H46O6S. The van der Waals surface area contributed by atoms with Gasteiger partial charge in [-0.3, -0.25) is 4.55 Å². The SMILES string of the molecule is CC(CCCOCCS(=O)(=O)O)C1CCC2C3C(O)C(O)[C@@H]4CCCCC4(C)C3CCC12C. The second kappa shape index (κ2) is 9.68. The predicted octanol–water partition coefficient (Wildman–Crippen LogP) is 4.30. The highest BCUT2D eigenvalue weighted by molar-refractivity contribution is 7.85. The molecule has 0 bridgehead atoms. The number of hydrogen-bond donors (Lipinski definition) is 3. The summed E-state index contributed by atoms with van der Waals surface area (Å²) in [5.41, 5.74) is 0.386. The maximum Gasteiger partial charge on any atom is 0.267 e. The van der Waals surface area contributed by atoms with E-state index in [1.165, 1.54) is 38.5 Å². The van der Waals surface area contributed by atoms with Gasteiger partial charge in [0, 0.05) is 6.61 Å². The van der Waals surface area contributed by atoms with E-state index in [9.17, 15) is 18.6 Å². The zero-order chi connectivity index (χ0) is 24.0. The fourth-order valence-corrected chi connectivity index (χ4v) is 9.59. The van der Waals surface area contributed by atoms with Crippen molar-refractivity contribution in [2.45, 2.75) is 97.2 Å². The van der Waals surface area contributed by atoms with Crippen LogP contribution in [0, 0.1) is 46.3 Å². The summed E-state index contributed by atoms with van der Waals surface area (Å²) in [7, 11) is -3.96. The second-order valence-corrected chi connectivity index (χ2v) is 13.9. The van der Waals surface area contributed by atoms with Crippen molar-refractivity contribution in [3.63, 3.8) is 0 Å². The molecule has 0 saturated heterocycles. The van der Waals surface area contributed by atoms with Crippen LogP contribution in [0.3, 0.4) is 0 Å². The van der Waals surface area contributed by atoms with Crippen molar-refractivity contribution < 1.29 is 27.9 Å². The van der Waals surface area contributed by atoms with E-state index in [2.05, 4.69) is 20.8 Å². The lowest BCUT2D eigenvalue weighted by atomic mass is 9.43. The standard InChI is InChI=1S/C26H46O6S/c1-17(7-6-14-32-15-16-33(29,30)31)18-9-10-19-22-20(11-13-26(18,19)3)25(2)12-5-4-8-21(25)23(27)24(22)28/h17-24,27-28H,4-16H2,1-3H3,(H,29,30,31)/t17?,18?,19?,20?,21-,22?,23?,24?,25?,26?/m0/s1. The third kappa shape index (κ3) is 4.78. The Hall–Kier alpha value is -0.210. The first-order valence-electron chi connectivity index (χ1n) is 13.4. The Labute approximate surface area is 200 Å². The first-order valence-corrected chi connectivity index (χ1v) is 15.0. The quantitative estimate of drug-likeness (QED) is 0.349. The minimum Gasteiger partial charge on any atom is -0.390 e. The van der Waals surface area contributed by atoms with Crippen LogP contribution in [0.4, 0.5) is 0 Å². The molecule has 4 fully saturated rings. The molecule has 4 rings (SSSR count). The molecule has 0 radical (unpaired) electrons. The first kappa shape index (κ1) is 25.9. The molecule has 0 aromatic heterocycles. The Morgan fingerprint density at radius 2 is 1.64 bits per heavy atom. The van der Waals surface area contributed by atoms with E-state index in [0.29, 0.717) is 30.3 Å². The summed E-state index contributed by atoms with van der Waals surface area (Å²) < 4.78 is 35.8. The van der Waals surface area contributed by atoms with Crippen LogP contribution in [-0.2, 0) is 14.9 Å². The lowest BCUT2D eigenvalue weighted by molar-refractivity contribution is -0.215. The average molecular weight is 487 g/mol. The van der Waals surface area contributed by atoms with Crippen LogP contribution in [0.5, 0.6) is 0 Å². The third-order valence-corrected chi connectivity index (χ3v) is 11.5. The van der Waals surface area contributed by atoms with E-state index in [0.717, 1.165) is 25.7 Å². The smallest absolute Gasteiger partial charge is 0.267 e. The monoisotopic (exact) mass is 486 g/mol. The highest BCUT2D eigenvalue weighted by atomic mass is 32.2. The lowest BCUT2D eigenvalue weighted by Crippen LogP contribution is -2.63. The lowest BCUT2D eigenvalue weighted by Gasteiger charge is -2.63. The van der Waals surface area contributed by atoms with Gasteiger partial charge >= 0.3 is 0 Å². The van der Waals surface area contributed by atoms with Crippen molar-refractivity contribution in [1.29, 1.82) is 0 Å². The fourth-order valence-electron chi connectivity index (χ4n) is 9.26. The maximum absolute atomic E-state index is 11.4. The van der Waals surface area contributed by atoms with Crippen molar-refractivity contribution in [2.75, 3.05) is 19.0 Å². The summed E-state index contributed by atoms with van der Waals surface area (Å²) in [5, 5.41) is 22.5. The van der Waals surface area contributed by atoms with Crippen LogP contribution >= 0.6 is 0 Å². The molecule has 3 N–H and O–H groups in total. The van der Waals surface area contributed by atoms with E-state index in [1.807, 2.05) is 0 Å². The second-order valence-electron chi connectivity index (χ2n) is 12.4. The van der Waals surface area contributed by atoms with Gasteiger partial charge in [-0.15, -0.1) is 0 Å². The predicted molar refractivity (Wildman–Crippen MR) is 128 cm³/mol. The Kier molecular flexibility index (Phi) is 7.59. The van der Waals surface area contributed by atoms with Crippen molar-refractivity contribution >= 4 is 10.1 Å². The largest absolute Gasteiger partial charge is 0.390 e. The highest BCUT2D eigenvalue weighted by Crippen LogP contribution is 2.68. The number of hydrogen-bond acceptors (Lipinski definition) is 5. The van der Waals surface area contributed by atoms with Crippen LogP contribution < -0.4 is 0 Å². The summed E-state index contributed by atoms with van der Waals surface area (Å²) in [6.07, 6.45) is 10.2. The molecule has 0 heterocycles. The molecule has 7 heteroatoms.